The van der Waals surface area contributed by atoms with Gasteiger partial charge in [-0.15, -0.1) is 0 Å². The van der Waals surface area contributed by atoms with Crippen LogP contribution in [0.4, 0.5) is 11.4 Å². The third-order valence-corrected chi connectivity index (χ3v) is 3.60. The molecule has 0 aliphatic heterocycles. The number of nitrogens with zero attached hydrogens (tertiary/aromatic N) is 3. The predicted molar refractivity (Wildman–Crippen MR) is 78.1 cm³/mol. The Labute approximate surface area is 121 Å². The zero-order chi connectivity index (χ0) is 14.9. The molecule has 0 aliphatic rings. The number of halogens is 1. The molecule has 1 aromatic carbocycles. The highest BCUT2D eigenvalue weighted by Crippen LogP contribution is 2.30. The van der Waals surface area contributed by atoms with Crippen molar-refractivity contribution >= 4 is 23.0 Å². The fraction of sp³-hybridized carbons (Fsp3) is 0.308. The molecule has 0 spiro atoms. The Morgan fingerprint density at radius 2 is 2.15 bits per heavy atom. The summed E-state index contributed by atoms with van der Waals surface area (Å²) in [7, 11) is 1.88. The second-order valence-electron chi connectivity index (χ2n) is 4.61. The van der Waals surface area contributed by atoms with E-state index in [9.17, 15) is 10.1 Å². The molecule has 7 heteroatoms. The standard InChI is InChI=1S/C13H15ClN4O2/c1-8-4-12(11(14)5-13(8)18(19)20)15-6-10-7-16-17(3)9(10)2/h4-5,7,15H,6H2,1-3H3. The number of hydrogen-bond donors (Lipinski definition) is 1. The molecule has 2 rings (SSSR count). The molecule has 1 aromatic heterocycles. The molecule has 0 fully saturated rings. The summed E-state index contributed by atoms with van der Waals surface area (Å²) in [4.78, 5) is 10.4. The van der Waals surface area contributed by atoms with E-state index in [0.717, 1.165) is 11.3 Å². The van der Waals surface area contributed by atoms with Crippen molar-refractivity contribution in [3.8, 4) is 0 Å². The van der Waals surface area contributed by atoms with Gasteiger partial charge in [-0.05, 0) is 19.9 Å². The van der Waals surface area contributed by atoms with Crippen molar-refractivity contribution in [3.63, 3.8) is 0 Å². The molecule has 0 unspecified atom stereocenters. The molecule has 0 saturated carbocycles. The highest BCUT2D eigenvalue weighted by Gasteiger charge is 2.14. The highest BCUT2D eigenvalue weighted by molar-refractivity contribution is 6.33. The molecule has 0 saturated heterocycles. The lowest BCUT2D eigenvalue weighted by Crippen LogP contribution is -2.03. The Hall–Kier alpha value is -2.08. The van der Waals surface area contributed by atoms with Gasteiger partial charge in [0, 0.05) is 36.5 Å². The molecule has 0 bridgehead atoms. The van der Waals surface area contributed by atoms with Crippen LogP contribution in [0.5, 0.6) is 0 Å². The number of rotatable bonds is 4. The van der Waals surface area contributed by atoms with E-state index in [1.54, 1.807) is 23.9 Å². The fourth-order valence-electron chi connectivity index (χ4n) is 1.91. The van der Waals surface area contributed by atoms with Gasteiger partial charge in [0.1, 0.15) is 0 Å². The molecule has 0 amide bonds. The van der Waals surface area contributed by atoms with Gasteiger partial charge < -0.3 is 5.32 Å². The highest BCUT2D eigenvalue weighted by atomic mass is 35.5. The smallest absolute Gasteiger partial charge is 0.273 e. The van der Waals surface area contributed by atoms with Crippen molar-refractivity contribution in [1.29, 1.82) is 0 Å². The summed E-state index contributed by atoms with van der Waals surface area (Å²) in [5, 5.41) is 18.5. The second kappa shape index (κ2) is 5.50. The first-order valence-electron chi connectivity index (χ1n) is 6.06. The van der Waals surface area contributed by atoms with Gasteiger partial charge in [0.2, 0.25) is 0 Å². The predicted octanol–water partition coefficient (Wildman–Crippen LogP) is 3.21. The van der Waals surface area contributed by atoms with E-state index < -0.39 is 4.92 Å². The zero-order valence-electron chi connectivity index (χ0n) is 11.5. The molecule has 6 nitrogen and oxygen atoms in total. The molecule has 0 atom stereocenters. The van der Waals surface area contributed by atoms with Crippen LogP contribution in [0.1, 0.15) is 16.8 Å². The van der Waals surface area contributed by atoms with Gasteiger partial charge in [-0.2, -0.15) is 5.10 Å². The van der Waals surface area contributed by atoms with Crippen LogP contribution in [0.15, 0.2) is 18.3 Å². The number of nitro groups is 1. The van der Waals surface area contributed by atoms with E-state index in [1.165, 1.54) is 6.07 Å². The normalized spacial score (nSPS) is 10.6. The van der Waals surface area contributed by atoms with Crippen LogP contribution >= 0.6 is 11.6 Å². The third kappa shape index (κ3) is 2.75. The van der Waals surface area contributed by atoms with Gasteiger partial charge in [0.05, 0.1) is 21.8 Å². The molecular weight excluding hydrogens is 280 g/mol. The number of aromatic nitrogens is 2. The van der Waals surface area contributed by atoms with Crippen LogP contribution in [-0.4, -0.2) is 14.7 Å². The Morgan fingerprint density at radius 1 is 1.45 bits per heavy atom. The maximum absolute atomic E-state index is 10.8. The van der Waals surface area contributed by atoms with Crippen LogP contribution in [0, 0.1) is 24.0 Å². The monoisotopic (exact) mass is 294 g/mol. The first-order chi connectivity index (χ1) is 9.40. The number of anilines is 1. The summed E-state index contributed by atoms with van der Waals surface area (Å²) in [6.07, 6.45) is 1.79. The molecule has 0 aliphatic carbocycles. The van der Waals surface area contributed by atoms with Gasteiger partial charge >= 0.3 is 0 Å². The molecule has 106 valence electrons. The summed E-state index contributed by atoms with van der Waals surface area (Å²) in [5.74, 6) is 0. The minimum atomic E-state index is -0.434. The molecule has 0 radical (unpaired) electrons. The Balaban J connectivity index is 2.20. The SMILES string of the molecule is Cc1cc(NCc2cnn(C)c2C)c(Cl)cc1[N+](=O)[O-]. The Bertz CT molecular complexity index is 667. The summed E-state index contributed by atoms with van der Waals surface area (Å²) in [6, 6.07) is 3.06. The number of hydrogen-bond acceptors (Lipinski definition) is 4. The van der Waals surface area contributed by atoms with Crippen LogP contribution in [0.2, 0.25) is 5.02 Å². The van der Waals surface area contributed by atoms with Crippen LogP contribution in [-0.2, 0) is 13.6 Å². The van der Waals surface area contributed by atoms with E-state index in [2.05, 4.69) is 10.4 Å². The van der Waals surface area contributed by atoms with Gasteiger partial charge in [-0.1, -0.05) is 11.6 Å². The maximum Gasteiger partial charge on any atom is 0.273 e. The molecule has 1 N–H and O–H groups in total. The van der Waals surface area contributed by atoms with Gasteiger partial charge in [-0.3, -0.25) is 14.8 Å². The van der Waals surface area contributed by atoms with Gasteiger partial charge in [0.15, 0.2) is 0 Å². The number of benzene rings is 1. The minimum absolute atomic E-state index is 0.0260. The lowest BCUT2D eigenvalue weighted by Gasteiger charge is -2.09. The van der Waals surface area contributed by atoms with Crippen LogP contribution in [0.3, 0.4) is 0 Å². The maximum atomic E-state index is 10.8. The van der Waals surface area contributed by atoms with Crippen molar-refractivity contribution in [2.24, 2.45) is 7.05 Å². The van der Waals surface area contributed by atoms with Crippen molar-refractivity contribution in [2.45, 2.75) is 20.4 Å². The third-order valence-electron chi connectivity index (χ3n) is 3.29. The number of nitro benzene ring substituents is 1. The first-order valence-corrected chi connectivity index (χ1v) is 6.44. The average molecular weight is 295 g/mol. The average Bonchev–Trinajstić information content (AvgIpc) is 2.70. The zero-order valence-corrected chi connectivity index (χ0v) is 12.2. The molecule has 20 heavy (non-hydrogen) atoms. The lowest BCUT2D eigenvalue weighted by molar-refractivity contribution is -0.385. The van der Waals surface area contributed by atoms with E-state index in [1.807, 2.05) is 14.0 Å². The topological polar surface area (TPSA) is 73.0 Å². The summed E-state index contributed by atoms with van der Waals surface area (Å²) < 4.78 is 1.79. The van der Waals surface area contributed by atoms with Crippen LogP contribution < -0.4 is 5.32 Å². The van der Waals surface area contributed by atoms with Crippen LogP contribution in [0.25, 0.3) is 0 Å². The lowest BCUT2D eigenvalue weighted by atomic mass is 10.1. The Morgan fingerprint density at radius 3 is 2.70 bits per heavy atom. The quantitative estimate of drug-likeness (QED) is 0.694. The van der Waals surface area contributed by atoms with Crippen molar-refractivity contribution in [3.05, 3.63) is 50.3 Å². The minimum Gasteiger partial charge on any atom is -0.380 e. The summed E-state index contributed by atoms with van der Waals surface area (Å²) >= 11 is 6.07. The second-order valence-corrected chi connectivity index (χ2v) is 5.02. The summed E-state index contributed by atoms with van der Waals surface area (Å²) in [6.45, 7) is 4.23. The Kier molecular flexibility index (Phi) is 3.94. The van der Waals surface area contributed by atoms with E-state index in [0.29, 0.717) is 22.8 Å². The van der Waals surface area contributed by atoms with E-state index in [-0.39, 0.29) is 5.69 Å². The van der Waals surface area contributed by atoms with Crippen molar-refractivity contribution < 1.29 is 4.92 Å². The van der Waals surface area contributed by atoms with Crippen molar-refractivity contribution in [2.75, 3.05) is 5.32 Å². The molecule has 1 heterocycles. The first kappa shape index (κ1) is 14.3. The fourth-order valence-corrected chi connectivity index (χ4v) is 2.14. The number of aryl methyl sites for hydroxylation is 2. The molecular formula is C13H15ClN4O2. The van der Waals surface area contributed by atoms with E-state index >= 15 is 0 Å². The molecule has 2 aromatic rings. The van der Waals surface area contributed by atoms with Crippen molar-refractivity contribution in [1.82, 2.24) is 9.78 Å². The summed E-state index contributed by atoms with van der Waals surface area (Å²) in [5.41, 5.74) is 3.40. The largest absolute Gasteiger partial charge is 0.380 e. The van der Waals surface area contributed by atoms with E-state index in [4.69, 9.17) is 11.6 Å². The number of nitrogens with one attached hydrogen (secondary N) is 1. The van der Waals surface area contributed by atoms with Gasteiger partial charge in [0.25, 0.3) is 5.69 Å². The van der Waals surface area contributed by atoms with Gasteiger partial charge in [-0.25, -0.2) is 0 Å².